The van der Waals surface area contributed by atoms with E-state index in [-0.39, 0.29) is 48.8 Å². The minimum Gasteiger partial charge on any atom is -1.00 e. The van der Waals surface area contributed by atoms with Crippen LogP contribution in [0.3, 0.4) is 0 Å². The van der Waals surface area contributed by atoms with Gasteiger partial charge in [-0.15, -0.1) is 0 Å². The van der Waals surface area contributed by atoms with Crippen LogP contribution in [0.5, 0.6) is 0 Å². The molecule has 0 bridgehead atoms. The molecule has 0 saturated carbocycles. The van der Waals surface area contributed by atoms with E-state index in [1.165, 1.54) is 13.2 Å². The molecule has 222 valence electrons. The number of amides is 3. The Hall–Kier alpha value is -4.62. The van der Waals surface area contributed by atoms with Gasteiger partial charge in [0.1, 0.15) is 6.17 Å². The summed E-state index contributed by atoms with van der Waals surface area (Å²) in [6.45, 7) is 0.0719. The van der Waals surface area contributed by atoms with Gasteiger partial charge in [0, 0.05) is 43.1 Å². The summed E-state index contributed by atoms with van der Waals surface area (Å²) >= 11 is 0. The van der Waals surface area contributed by atoms with Crippen molar-refractivity contribution < 1.29 is 55.1 Å². The van der Waals surface area contributed by atoms with Crippen LogP contribution < -0.4 is 27.6 Å². The smallest absolute Gasteiger partial charge is 0.406 e. The van der Waals surface area contributed by atoms with E-state index < -0.39 is 48.4 Å². The van der Waals surface area contributed by atoms with Gasteiger partial charge in [-0.3, -0.25) is 14.7 Å². The fourth-order valence-electron chi connectivity index (χ4n) is 4.73. The number of hydrogen-bond donors (Lipinski definition) is 4. The number of nitrogens with one attached hydrogen (secondary N) is 2. The maximum Gasteiger partial charge on any atom is 0.406 e. The Morgan fingerprint density at radius 1 is 1.14 bits per heavy atom. The molecule has 2 atom stereocenters. The first-order valence-electron chi connectivity index (χ1n) is 12.5. The first kappa shape index (κ1) is 31.9. The lowest BCUT2D eigenvalue weighted by molar-refractivity contribution is -0.697. The molecule has 0 fully saturated rings. The van der Waals surface area contributed by atoms with Gasteiger partial charge in [-0.05, 0) is 35.4 Å². The maximum absolute atomic E-state index is 14.4. The summed E-state index contributed by atoms with van der Waals surface area (Å²) in [6.07, 6.45) is 2.07. The minimum atomic E-state index is -1.44. The van der Waals surface area contributed by atoms with Crippen LogP contribution in [0.4, 0.5) is 18.4 Å². The van der Waals surface area contributed by atoms with Crippen LogP contribution in [0, 0.1) is 11.6 Å². The van der Waals surface area contributed by atoms with E-state index in [1.54, 1.807) is 23.2 Å². The summed E-state index contributed by atoms with van der Waals surface area (Å²) < 4.78 is 35.1. The first-order valence-corrected chi connectivity index (χ1v) is 12.5. The van der Waals surface area contributed by atoms with Crippen LogP contribution in [-0.2, 0) is 16.1 Å². The minimum absolute atomic E-state index is 0. The molecular weight excluding hydrogens is 576 g/mol. The van der Waals surface area contributed by atoms with Crippen molar-refractivity contribution in [3.05, 3.63) is 95.6 Å². The number of halogens is 3. The van der Waals surface area contributed by atoms with Crippen molar-refractivity contribution in [1.82, 2.24) is 20.5 Å². The average Bonchev–Trinajstić information content (AvgIpc) is 2.94. The molecule has 0 spiro atoms. The number of aromatic nitrogens is 2. The largest absolute Gasteiger partial charge is 1.00 e. The Bertz CT molecular complexity index is 1460. The van der Waals surface area contributed by atoms with Crippen LogP contribution in [-0.4, -0.2) is 58.1 Å². The molecule has 2 aromatic heterocycles. The van der Waals surface area contributed by atoms with E-state index in [2.05, 4.69) is 15.6 Å². The Morgan fingerprint density at radius 3 is 2.48 bits per heavy atom. The van der Waals surface area contributed by atoms with Crippen LogP contribution in [0.2, 0.25) is 0 Å². The third-order valence-corrected chi connectivity index (χ3v) is 6.52. The highest BCUT2D eigenvalue weighted by Crippen LogP contribution is 2.37. The lowest BCUT2D eigenvalue weighted by Gasteiger charge is -2.43. The molecule has 0 radical (unpaired) electrons. The summed E-state index contributed by atoms with van der Waals surface area (Å²) in [5, 5.41) is 24.2. The zero-order chi connectivity index (χ0) is 29.5. The van der Waals surface area contributed by atoms with E-state index >= 15 is 0 Å². The van der Waals surface area contributed by atoms with Gasteiger partial charge < -0.3 is 38.0 Å². The highest BCUT2D eigenvalue weighted by molar-refractivity contribution is 5.82. The van der Waals surface area contributed by atoms with Crippen LogP contribution >= 0.6 is 0 Å². The zero-order valence-electron chi connectivity index (χ0n) is 22.3. The summed E-state index contributed by atoms with van der Waals surface area (Å²) in [7, 11) is 1.35. The van der Waals surface area contributed by atoms with Gasteiger partial charge in [0.25, 0.3) is 0 Å². The third-order valence-electron chi connectivity index (χ3n) is 6.52. The van der Waals surface area contributed by atoms with E-state index in [1.807, 2.05) is 30.3 Å². The van der Waals surface area contributed by atoms with Crippen molar-refractivity contribution in [2.45, 2.75) is 31.6 Å². The molecular formula is C28H28ClF2N5O6. The number of carbonyl (C=O) groups excluding carboxylic acids is 1. The molecule has 3 amide bonds. The van der Waals surface area contributed by atoms with Crippen molar-refractivity contribution in [3.63, 3.8) is 0 Å². The molecule has 1 aliphatic heterocycles. The molecule has 1 aromatic carbocycles. The molecule has 3 heterocycles. The number of aliphatic carboxylic acids is 1. The molecule has 42 heavy (non-hydrogen) atoms. The monoisotopic (exact) mass is 603 g/mol. The zero-order valence-corrected chi connectivity index (χ0v) is 23.1. The summed E-state index contributed by atoms with van der Waals surface area (Å²) in [5.74, 6) is -3.58. The van der Waals surface area contributed by atoms with Crippen molar-refractivity contribution in [3.8, 4) is 11.3 Å². The molecule has 0 saturated heterocycles. The SMILES string of the molecule is COCC1=C(CC(=O)O)[C@H](c2ccc(F)c(F)c2)N(C(CC[n+]2ccc(-c3ccccn3)cc2)NC(=O)O)C(=O)N1.[Cl-]. The van der Waals surface area contributed by atoms with Crippen molar-refractivity contribution in [1.29, 1.82) is 0 Å². The fourth-order valence-corrected chi connectivity index (χ4v) is 4.73. The first-order chi connectivity index (χ1) is 19.7. The lowest BCUT2D eigenvalue weighted by Crippen LogP contribution is -3.00. The molecule has 3 aromatic rings. The molecule has 14 heteroatoms. The fraction of sp³-hybridized carbons (Fsp3) is 0.250. The third kappa shape index (κ3) is 7.56. The van der Waals surface area contributed by atoms with Crippen LogP contribution in [0.25, 0.3) is 11.3 Å². The van der Waals surface area contributed by atoms with Gasteiger partial charge in [-0.2, -0.15) is 0 Å². The number of carboxylic acid groups (broad SMARTS) is 2. The summed E-state index contributed by atoms with van der Waals surface area (Å²) in [5.41, 5.74) is 1.97. The number of benzene rings is 1. The van der Waals surface area contributed by atoms with Crippen molar-refractivity contribution in [2.75, 3.05) is 13.7 Å². The second-order valence-corrected chi connectivity index (χ2v) is 9.21. The van der Waals surface area contributed by atoms with E-state index in [4.69, 9.17) is 4.74 Å². The standard InChI is InChI=1S/C28H27F2N5O6.ClH/c1-41-16-23-19(15-25(36)37)26(18-5-6-20(29)21(30)14-18)35(27(38)32-23)24(33-28(39)40)9-13-34-11-7-17(8-12-34)22-4-2-3-10-31-22;/h2-8,10-12,14,24,26,33H,9,13,15-16H2,1H3,(H2-,32,36,37,38,39,40);1H/t24?,26-;/m0./s1. The predicted molar refractivity (Wildman–Crippen MR) is 140 cm³/mol. The average molecular weight is 604 g/mol. The lowest BCUT2D eigenvalue weighted by atomic mass is 9.90. The molecule has 11 nitrogen and oxygen atoms in total. The normalized spacial score (nSPS) is 15.5. The molecule has 0 aliphatic carbocycles. The number of carboxylic acids is 1. The van der Waals surface area contributed by atoms with Crippen LogP contribution in [0.1, 0.15) is 24.4 Å². The highest BCUT2D eigenvalue weighted by Gasteiger charge is 2.41. The second-order valence-electron chi connectivity index (χ2n) is 9.21. The predicted octanol–water partition coefficient (Wildman–Crippen LogP) is 0.444. The number of hydrogen-bond acceptors (Lipinski definition) is 5. The summed E-state index contributed by atoms with van der Waals surface area (Å²) in [4.78, 5) is 42.5. The molecule has 4 N–H and O–H groups in total. The van der Waals surface area contributed by atoms with Crippen molar-refractivity contribution >= 4 is 18.1 Å². The Morgan fingerprint density at radius 2 is 1.88 bits per heavy atom. The Balaban J connectivity index is 0.00000484. The van der Waals surface area contributed by atoms with Crippen molar-refractivity contribution in [2.24, 2.45) is 0 Å². The number of aryl methyl sites for hydroxylation is 1. The number of urea groups is 1. The Labute approximate surface area is 245 Å². The van der Waals surface area contributed by atoms with Gasteiger partial charge in [0.15, 0.2) is 30.6 Å². The highest BCUT2D eigenvalue weighted by atomic mass is 35.5. The van der Waals surface area contributed by atoms with Gasteiger partial charge in [-0.25, -0.2) is 22.9 Å². The number of ether oxygens (including phenoxy) is 1. The molecule has 1 aliphatic rings. The van der Waals surface area contributed by atoms with Gasteiger partial charge >= 0.3 is 18.1 Å². The topological polar surface area (TPSA) is 145 Å². The number of carbonyl (C=O) groups is 3. The van der Waals surface area contributed by atoms with Gasteiger partial charge in [0.2, 0.25) is 0 Å². The maximum atomic E-state index is 14.4. The molecule has 1 unspecified atom stereocenters. The van der Waals surface area contributed by atoms with Gasteiger partial charge in [0.05, 0.1) is 24.8 Å². The number of methoxy groups -OCH3 is 1. The summed E-state index contributed by atoms with van der Waals surface area (Å²) in [6, 6.07) is 10.1. The number of pyridine rings is 2. The van der Waals surface area contributed by atoms with Crippen LogP contribution in [0.15, 0.2) is 78.4 Å². The van der Waals surface area contributed by atoms with Gasteiger partial charge in [-0.1, -0.05) is 12.1 Å². The quantitative estimate of drug-likeness (QED) is 0.233. The number of nitrogens with zero attached hydrogens (tertiary/aromatic N) is 3. The second kappa shape index (κ2) is 14.3. The van der Waals surface area contributed by atoms with E-state index in [9.17, 15) is 33.4 Å². The molecule has 4 rings (SSSR count). The number of rotatable bonds is 11. The Kier molecular flexibility index (Phi) is 10.9. The van der Waals surface area contributed by atoms with E-state index in [0.717, 1.165) is 28.3 Å². The van der Waals surface area contributed by atoms with E-state index in [0.29, 0.717) is 0 Å².